The zero-order valence-corrected chi connectivity index (χ0v) is 11.0. The number of aryl methyl sites for hydroxylation is 1. The summed E-state index contributed by atoms with van der Waals surface area (Å²) >= 11 is 1.75. The van der Waals surface area contributed by atoms with Gasteiger partial charge in [-0.05, 0) is 30.9 Å². The van der Waals surface area contributed by atoms with Crippen molar-refractivity contribution >= 4 is 17.2 Å². The van der Waals surface area contributed by atoms with Crippen LogP contribution < -0.4 is 10.1 Å². The molecule has 17 heavy (non-hydrogen) atoms. The zero-order valence-electron chi connectivity index (χ0n) is 10.2. The Bertz CT molecular complexity index is 510. The molecule has 0 unspecified atom stereocenters. The van der Waals surface area contributed by atoms with Gasteiger partial charge in [-0.2, -0.15) is 0 Å². The van der Waals surface area contributed by atoms with E-state index in [2.05, 4.69) is 33.7 Å². The summed E-state index contributed by atoms with van der Waals surface area (Å²) in [6.07, 6.45) is 1.51. The summed E-state index contributed by atoms with van der Waals surface area (Å²) in [7, 11) is 1.61. The fourth-order valence-corrected chi connectivity index (χ4v) is 2.41. The summed E-state index contributed by atoms with van der Waals surface area (Å²) in [4.78, 5) is 9.59. The van der Waals surface area contributed by atoms with Gasteiger partial charge in [0.05, 0.1) is 19.2 Å². The number of aromatic nitrogens is 2. The van der Waals surface area contributed by atoms with E-state index in [1.165, 1.54) is 16.8 Å². The number of hydrogen-bond acceptors (Lipinski definition) is 5. The van der Waals surface area contributed by atoms with Crippen LogP contribution in [0.2, 0.25) is 0 Å². The Kier molecular flexibility index (Phi) is 3.58. The van der Waals surface area contributed by atoms with Crippen LogP contribution in [0.25, 0.3) is 0 Å². The third kappa shape index (κ3) is 2.55. The number of nitrogens with one attached hydrogen (secondary N) is 1. The van der Waals surface area contributed by atoms with Crippen molar-refractivity contribution in [3.05, 3.63) is 33.8 Å². The van der Waals surface area contributed by atoms with Gasteiger partial charge >= 0.3 is 0 Å². The molecule has 0 amide bonds. The molecule has 4 nitrogen and oxygen atoms in total. The molecule has 5 heteroatoms. The lowest BCUT2D eigenvalue weighted by Crippen LogP contribution is -2.04. The highest BCUT2D eigenvalue weighted by atomic mass is 32.1. The van der Waals surface area contributed by atoms with Crippen molar-refractivity contribution in [2.75, 3.05) is 12.4 Å². The van der Waals surface area contributed by atoms with E-state index < -0.39 is 0 Å². The maximum Gasteiger partial charge on any atom is 0.221 e. The zero-order chi connectivity index (χ0) is 12.3. The Labute approximate surface area is 105 Å². The first-order valence-corrected chi connectivity index (χ1v) is 6.22. The first-order valence-electron chi connectivity index (χ1n) is 5.34. The molecule has 0 aromatic carbocycles. The lowest BCUT2D eigenvalue weighted by molar-refractivity contribution is 0.393. The normalized spacial score (nSPS) is 10.3. The number of ether oxygens (including phenoxy) is 1. The van der Waals surface area contributed by atoms with E-state index in [4.69, 9.17) is 4.74 Å². The van der Waals surface area contributed by atoms with Crippen LogP contribution in [0.3, 0.4) is 0 Å². The van der Waals surface area contributed by atoms with Crippen molar-refractivity contribution in [2.45, 2.75) is 20.4 Å². The molecule has 0 saturated carbocycles. The monoisotopic (exact) mass is 249 g/mol. The van der Waals surface area contributed by atoms with E-state index in [0.29, 0.717) is 5.88 Å². The van der Waals surface area contributed by atoms with Gasteiger partial charge in [0.1, 0.15) is 12.1 Å². The van der Waals surface area contributed by atoms with Crippen LogP contribution in [-0.2, 0) is 6.54 Å². The molecule has 0 radical (unpaired) electrons. The van der Waals surface area contributed by atoms with Crippen LogP contribution in [0.15, 0.2) is 17.8 Å². The van der Waals surface area contributed by atoms with Gasteiger partial charge in [-0.1, -0.05) is 0 Å². The summed E-state index contributed by atoms with van der Waals surface area (Å²) in [5.74, 6) is 1.44. The maximum absolute atomic E-state index is 5.16. The van der Waals surface area contributed by atoms with E-state index in [0.717, 1.165) is 17.9 Å². The van der Waals surface area contributed by atoms with Crippen LogP contribution in [0.4, 0.5) is 5.82 Å². The van der Waals surface area contributed by atoms with Crippen molar-refractivity contribution in [3.63, 3.8) is 0 Å². The first kappa shape index (κ1) is 11.9. The second kappa shape index (κ2) is 5.14. The highest BCUT2D eigenvalue weighted by Gasteiger charge is 2.07. The van der Waals surface area contributed by atoms with E-state index in [-0.39, 0.29) is 0 Å². The highest BCUT2D eigenvalue weighted by molar-refractivity contribution is 7.10. The molecular weight excluding hydrogens is 234 g/mol. The second-order valence-corrected chi connectivity index (χ2v) is 4.74. The number of rotatable bonds is 4. The molecule has 2 aromatic heterocycles. The van der Waals surface area contributed by atoms with Gasteiger partial charge in [0.2, 0.25) is 5.88 Å². The number of methoxy groups -OCH3 is 1. The van der Waals surface area contributed by atoms with Crippen LogP contribution in [0.1, 0.15) is 16.0 Å². The minimum Gasteiger partial charge on any atom is -0.481 e. The van der Waals surface area contributed by atoms with E-state index in [1.54, 1.807) is 18.4 Å². The molecule has 0 fully saturated rings. The lowest BCUT2D eigenvalue weighted by Gasteiger charge is -2.10. The minimum atomic E-state index is 0.616. The standard InChI is InChI=1S/C12H15N3OS/c1-8-4-5-17-10(8)6-13-11-9(2)12(16-3)15-7-14-11/h4-5,7H,6H2,1-3H3,(H,13,14,15). The Morgan fingerprint density at radius 3 is 2.82 bits per heavy atom. The number of anilines is 1. The summed E-state index contributed by atoms with van der Waals surface area (Å²) in [6.45, 7) is 4.84. The second-order valence-electron chi connectivity index (χ2n) is 3.74. The van der Waals surface area contributed by atoms with E-state index >= 15 is 0 Å². The molecule has 2 aromatic rings. The van der Waals surface area contributed by atoms with Gasteiger partial charge in [-0.3, -0.25) is 0 Å². The van der Waals surface area contributed by atoms with Gasteiger partial charge in [-0.15, -0.1) is 11.3 Å². The van der Waals surface area contributed by atoms with Gasteiger partial charge in [0, 0.05) is 4.88 Å². The van der Waals surface area contributed by atoms with Crippen LogP contribution in [0, 0.1) is 13.8 Å². The minimum absolute atomic E-state index is 0.616. The molecule has 0 bridgehead atoms. The fourth-order valence-electron chi connectivity index (χ4n) is 1.57. The van der Waals surface area contributed by atoms with Crippen molar-refractivity contribution in [1.82, 2.24) is 9.97 Å². The molecule has 90 valence electrons. The topological polar surface area (TPSA) is 47.0 Å². The molecule has 0 aliphatic heterocycles. The molecule has 0 saturated heterocycles. The SMILES string of the molecule is COc1ncnc(NCc2sccc2C)c1C. The highest BCUT2D eigenvalue weighted by Crippen LogP contribution is 2.22. The van der Waals surface area contributed by atoms with Gasteiger partial charge in [0.25, 0.3) is 0 Å². The molecule has 0 aliphatic rings. The lowest BCUT2D eigenvalue weighted by atomic mass is 10.3. The molecule has 0 aliphatic carbocycles. The van der Waals surface area contributed by atoms with E-state index in [9.17, 15) is 0 Å². The maximum atomic E-state index is 5.16. The Hall–Kier alpha value is -1.62. The molecule has 0 spiro atoms. The summed E-state index contributed by atoms with van der Waals surface area (Å²) in [6, 6.07) is 2.12. The number of thiophene rings is 1. The smallest absolute Gasteiger partial charge is 0.221 e. The van der Waals surface area contributed by atoms with Gasteiger partial charge in [-0.25, -0.2) is 9.97 Å². The fraction of sp³-hybridized carbons (Fsp3) is 0.333. The summed E-state index contributed by atoms with van der Waals surface area (Å²) in [5, 5.41) is 5.41. The molecule has 2 rings (SSSR count). The Morgan fingerprint density at radius 2 is 2.18 bits per heavy atom. The molecule has 2 heterocycles. The molecule has 1 N–H and O–H groups in total. The average Bonchev–Trinajstić information content (AvgIpc) is 2.74. The predicted molar refractivity (Wildman–Crippen MR) is 69.7 cm³/mol. The third-order valence-corrected chi connectivity index (χ3v) is 3.64. The first-order chi connectivity index (χ1) is 8.22. The van der Waals surface area contributed by atoms with E-state index in [1.807, 2.05) is 6.92 Å². The largest absolute Gasteiger partial charge is 0.481 e. The predicted octanol–water partition coefficient (Wildman–Crippen LogP) is 2.78. The number of hydrogen-bond donors (Lipinski definition) is 1. The van der Waals surface area contributed by atoms with Crippen molar-refractivity contribution in [2.24, 2.45) is 0 Å². The van der Waals surface area contributed by atoms with Crippen molar-refractivity contribution < 1.29 is 4.74 Å². The van der Waals surface area contributed by atoms with Crippen LogP contribution in [-0.4, -0.2) is 17.1 Å². The Balaban J connectivity index is 2.12. The molecular formula is C12H15N3OS. The van der Waals surface area contributed by atoms with Crippen LogP contribution >= 0.6 is 11.3 Å². The van der Waals surface area contributed by atoms with Gasteiger partial charge < -0.3 is 10.1 Å². The summed E-state index contributed by atoms with van der Waals surface area (Å²) < 4.78 is 5.16. The third-order valence-electron chi connectivity index (χ3n) is 2.62. The molecule has 0 atom stereocenters. The van der Waals surface area contributed by atoms with Crippen molar-refractivity contribution in [1.29, 1.82) is 0 Å². The van der Waals surface area contributed by atoms with Gasteiger partial charge in [0.15, 0.2) is 0 Å². The van der Waals surface area contributed by atoms with Crippen molar-refractivity contribution in [3.8, 4) is 5.88 Å². The van der Waals surface area contributed by atoms with Crippen LogP contribution in [0.5, 0.6) is 5.88 Å². The quantitative estimate of drug-likeness (QED) is 0.905. The average molecular weight is 249 g/mol. The Morgan fingerprint density at radius 1 is 1.35 bits per heavy atom. The number of nitrogens with zero attached hydrogens (tertiary/aromatic N) is 2. The summed E-state index contributed by atoms with van der Waals surface area (Å²) in [5.41, 5.74) is 2.24.